The normalized spacial score (nSPS) is 22.1. The van der Waals surface area contributed by atoms with Gasteiger partial charge in [0.2, 0.25) is 0 Å². The molecule has 2 heterocycles. The molecule has 0 radical (unpaired) electrons. The topological polar surface area (TPSA) is 44.8 Å². The van der Waals surface area contributed by atoms with Crippen molar-refractivity contribution in [3.05, 3.63) is 65.7 Å². The molecule has 1 amide bonds. The van der Waals surface area contributed by atoms with E-state index in [1.807, 2.05) is 42.2 Å². The number of hydrogen-bond acceptors (Lipinski definition) is 3. The third kappa shape index (κ3) is 4.53. The number of likely N-dealkylation sites (tertiary alicyclic amines) is 1. The number of anilines is 1. The Balaban J connectivity index is 1.37. The van der Waals surface area contributed by atoms with Gasteiger partial charge < -0.3 is 15.0 Å². The highest BCUT2D eigenvalue weighted by Gasteiger charge is 2.44. The Morgan fingerprint density at radius 2 is 1.69 bits per heavy atom. The summed E-state index contributed by atoms with van der Waals surface area (Å²) in [6, 6.07) is 14.8. The first kappa shape index (κ1) is 22.4. The highest BCUT2D eigenvalue weighted by Crippen LogP contribution is 2.37. The number of amides is 1. The number of para-hydroxylation sites is 1. The molecule has 2 aromatic carbocycles. The number of piperidine rings is 1. The third-order valence-corrected chi connectivity index (χ3v) is 6.42. The number of carbonyl (C=O) groups excluding carboxylic acids is 1. The lowest BCUT2D eigenvalue weighted by Gasteiger charge is -2.38. The Kier molecular flexibility index (Phi) is 6.28. The molecule has 9 heteroatoms. The average Bonchev–Trinajstić information content (AvgIpc) is 3.08. The average molecular weight is 464 g/mol. The summed E-state index contributed by atoms with van der Waals surface area (Å²) in [6.07, 6.45) is -3.80. The van der Waals surface area contributed by atoms with E-state index in [2.05, 4.69) is 5.32 Å². The number of benzene rings is 2. The monoisotopic (exact) mass is 463 g/mol. The molecule has 4 rings (SSSR count). The standard InChI is InChI=1S/C23H24F3N3O2S/c1-15-20(16-7-3-2-4-8-16)31-22(30)29(15)17-11-13-28(14-12-17)21(32)27-19-10-6-5-9-18(19)23(24,25)26/h2-10,15,17,20H,11-14H2,1H3,(H,27,32). The molecule has 5 nitrogen and oxygen atoms in total. The van der Waals surface area contributed by atoms with Crippen molar-refractivity contribution in [2.24, 2.45) is 0 Å². The molecule has 32 heavy (non-hydrogen) atoms. The second kappa shape index (κ2) is 8.97. The van der Waals surface area contributed by atoms with Crippen LogP contribution in [-0.4, -0.2) is 46.2 Å². The predicted octanol–water partition coefficient (Wildman–Crippen LogP) is 5.45. The molecule has 2 atom stereocenters. The number of nitrogens with zero attached hydrogens (tertiary/aromatic N) is 2. The van der Waals surface area contributed by atoms with Gasteiger partial charge in [-0.1, -0.05) is 42.5 Å². The van der Waals surface area contributed by atoms with Crippen LogP contribution in [0.2, 0.25) is 0 Å². The smallest absolute Gasteiger partial charge is 0.418 e. The molecule has 0 aromatic heterocycles. The quantitative estimate of drug-likeness (QED) is 0.614. The van der Waals surface area contributed by atoms with Gasteiger partial charge in [0.1, 0.15) is 6.10 Å². The van der Waals surface area contributed by atoms with Crippen molar-refractivity contribution in [3.63, 3.8) is 0 Å². The van der Waals surface area contributed by atoms with Gasteiger partial charge in [-0.25, -0.2) is 4.79 Å². The zero-order chi connectivity index (χ0) is 22.9. The molecule has 0 saturated carbocycles. The number of cyclic esters (lactones) is 1. The third-order valence-electron chi connectivity index (χ3n) is 6.06. The second-order valence-electron chi connectivity index (χ2n) is 8.05. The van der Waals surface area contributed by atoms with E-state index < -0.39 is 11.7 Å². The van der Waals surface area contributed by atoms with Gasteiger partial charge in [-0.15, -0.1) is 0 Å². The first-order chi connectivity index (χ1) is 15.3. The Bertz CT molecular complexity index is 978. The van der Waals surface area contributed by atoms with Crippen LogP contribution < -0.4 is 5.32 Å². The molecule has 2 aliphatic rings. The molecule has 2 saturated heterocycles. The number of ether oxygens (including phenoxy) is 1. The van der Waals surface area contributed by atoms with Crippen LogP contribution in [0.1, 0.15) is 37.0 Å². The zero-order valence-electron chi connectivity index (χ0n) is 17.5. The minimum Gasteiger partial charge on any atom is -0.439 e. The van der Waals surface area contributed by atoms with Crippen molar-refractivity contribution >= 4 is 29.1 Å². The van der Waals surface area contributed by atoms with E-state index in [0.717, 1.165) is 11.6 Å². The van der Waals surface area contributed by atoms with Crippen molar-refractivity contribution in [1.29, 1.82) is 0 Å². The van der Waals surface area contributed by atoms with Crippen LogP contribution in [0.15, 0.2) is 54.6 Å². The predicted molar refractivity (Wildman–Crippen MR) is 119 cm³/mol. The summed E-state index contributed by atoms with van der Waals surface area (Å²) in [5, 5.41) is 3.00. The minimum atomic E-state index is -4.46. The van der Waals surface area contributed by atoms with Crippen molar-refractivity contribution < 1.29 is 22.7 Å². The summed E-state index contributed by atoms with van der Waals surface area (Å²) >= 11 is 5.38. The molecular weight excluding hydrogens is 439 g/mol. The summed E-state index contributed by atoms with van der Waals surface area (Å²) < 4.78 is 45.4. The minimum absolute atomic E-state index is 0.00674. The molecular formula is C23H24F3N3O2S. The van der Waals surface area contributed by atoms with Crippen molar-refractivity contribution in [1.82, 2.24) is 9.80 Å². The highest BCUT2D eigenvalue weighted by molar-refractivity contribution is 7.80. The van der Waals surface area contributed by atoms with E-state index in [4.69, 9.17) is 17.0 Å². The Morgan fingerprint density at radius 1 is 1.06 bits per heavy atom. The van der Waals surface area contributed by atoms with E-state index in [0.29, 0.717) is 25.9 Å². The molecule has 2 aliphatic heterocycles. The summed E-state index contributed by atoms with van der Waals surface area (Å²) in [6.45, 7) is 3.06. The SMILES string of the molecule is CC1C(c2ccccc2)OC(=O)N1C1CCN(C(=S)Nc2ccccc2C(F)(F)F)CC1. The van der Waals surface area contributed by atoms with E-state index in [9.17, 15) is 18.0 Å². The Labute approximate surface area is 190 Å². The fraction of sp³-hybridized carbons (Fsp3) is 0.391. The van der Waals surface area contributed by atoms with Crippen LogP contribution in [0, 0.1) is 0 Å². The Morgan fingerprint density at radius 3 is 2.34 bits per heavy atom. The van der Waals surface area contributed by atoms with Gasteiger partial charge in [0.05, 0.1) is 17.3 Å². The fourth-order valence-electron chi connectivity index (χ4n) is 4.43. The van der Waals surface area contributed by atoms with Crippen LogP contribution in [0.25, 0.3) is 0 Å². The van der Waals surface area contributed by atoms with Crippen molar-refractivity contribution in [3.8, 4) is 0 Å². The zero-order valence-corrected chi connectivity index (χ0v) is 18.3. The van der Waals surface area contributed by atoms with Gasteiger partial charge >= 0.3 is 12.3 Å². The summed E-state index contributed by atoms with van der Waals surface area (Å²) in [5.74, 6) is 0. The Hall–Kier alpha value is -2.81. The van der Waals surface area contributed by atoms with E-state index >= 15 is 0 Å². The summed E-state index contributed by atoms with van der Waals surface area (Å²) in [7, 11) is 0. The van der Waals surface area contributed by atoms with Crippen LogP contribution in [0.5, 0.6) is 0 Å². The first-order valence-corrected chi connectivity index (χ1v) is 10.9. The highest BCUT2D eigenvalue weighted by atomic mass is 32.1. The molecule has 170 valence electrons. The van der Waals surface area contributed by atoms with Gasteiger partial charge in [0.15, 0.2) is 5.11 Å². The number of hydrogen-bond donors (Lipinski definition) is 1. The van der Waals surface area contributed by atoms with Crippen molar-refractivity contribution in [2.75, 3.05) is 18.4 Å². The molecule has 2 aromatic rings. The molecule has 0 bridgehead atoms. The van der Waals surface area contributed by atoms with Crippen LogP contribution in [0.3, 0.4) is 0 Å². The van der Waals surface area contributed by atoms with Gasteiger partial charge in [0.25, 0.3) is 0 Å². The van der Waals surface area contributed by atoms with Gasteiger partial charge in [-0.2, -0.15) is 13.2 Å². The second-order valence-corrected chi connectivity index (χ2v) is 8.44. The van der Waals surface area contributed by atoms with Crippen molar-refractivity contribution in [2.45, 2.75) is 44.1 Å². The molecule has 2 unspecified atom stereocenters. The van der Waals surface area contributed by atoms with E-state index in [1.54, 1.807) is 4.90 Å². The lowest BCUT2D eigenvalue weighted by Crippen LogP contribution is -2.50. The maximum Gasteiger partial charge on any atom is 0.418 e. The lowest BCUT2D eigenvalue weighted by molar-refractivity contribution is -0.136. The number of rotatable bonds is 3. The molecule has 2 fully saturated rings. The van der Waals surface area contributed by atoms with Crippen LogP contribution >= 0.6 is 12.2 Å². The summed E-state index contributed by atoms with van der Waals surface area (Å²) in [5.41, 5.74) is 0.148. The lowest BCUT2D eigenvalue weighted by atomic mass is 9.98. The largest absolute Gasteiger partial charge is 0.439 e. The van der Waals surface area contributed by atoms with Crippen LogP contribution in [-0.2, 0) is 10.9 Å². The fourth-order valence-corrected chi connectivity index (χ4v) is 4.72. The number of carbonyl (C=O) groups is 1. The number of halogens is 3. The van der Waals surface area contributed by atoms with E-state index in [1.165, 1.54) is 18.2 Å². The van der Waals surface area contributed by atoms with E-state index in [-0.39, 0.29) is 35.1 Å². The summed E-state index contributed by atoms with van der Waals surface area (Å²) in [4.78, 5) is 16.2. The first-order valence-electron chi connectivity index (χ1n) is 10.5. The van der Waals surface area contributed by atoms with Crippen LogP contribution in [0.4, 0.5) is 23.7 Å². The molecule has 0 spiro atoms. The molecule has 1 N–H and O–H groups in total. The number of nitrogens with one attached hydrogen (secondary N) is 1. The van der Waals surface area contributed by atoms with Gasteiger partial charge in [0, 0.05) is 19.1 Å². The number of alkyl halides is 3. The van der Waals surface area contributed by atoms with Gasteiger partial charge in [-0.05, 0) is 49.7 Å². The number of thiocarbonyl (C=S) groups is 1. The maximum absolute atomic E-state index is 13.2. The maximum atomic E-state index is 13.2. The molecule has 0 aliphatic carbocycles. The van der Waals surface area contributed by atoms with Gasteiger partial charge in [-0.3, -0.25) is 4.90 Å².